The molecule has 1 aromatic heterocycles. The van der Waals surface area contributed by atoms with Crippen molar-refractivity contribution in [1.82, 2.24) is 20.2 Å². The first-order valence-corrected chi connectivity index (χ1v) is 13.7. The van der Waals surface area contributed by atoms with Crippen LogP contribution in [0.15, 0.2) is 36.7 Å². The topological polar surface area (TPSA) is 67.3 Å². The number of carbonyl (C=O) groups is 1. The summed E-state index contributed by atoms with van der Waals surface area (Å²) in [5.41, 5.74) is 2.12. The van der Waals surface area contributed by atoms with Crippen LogP contribution in [0.2, 0.25) is 0 Å². The lowest BCUT2D eigenvalue weighted by molar-refractivity contribution is -0.128. The van der Waals surface area contributed by atoms with Gasteiger partial charge in [-0.3, -0.25) is 9.69 Å². The Kier molecular flexibility index (Phi) is 6.48. The fourth-order valence-corrected chi connectivity index (χ4v) is 7.71. The number of hydrogen-bond donors (Lipinski definition) is 1. The molecule has 1 amide bonds. The van der Waals surface area contributed by atoms with Crippen LogP contribution in [0.4, 0.5) is 0 Å². The van der Waals surface area contributed by atoms with E-state index in [1.54, 1.807) is 12.4 Å². The molecule has 6 nitrogen and oxygen atoms in total. The molecular formula is C29H38N4O2. The van der Waals surface area contributed by atoms with E-state index in [1.807, 2.05) is 18.2 Å². The summed E-state index contributed by atoms with van der Waals surface area (Å²) in [4.78, 5) is 24.4. The van der Waals surface area contributed by atoms with Crippen molar-refractivity contribution in [3.05, 3.63) is 42.2 Å². The number of hydrogen-bond acceptors (Lipinski definition) is 5. The van der Waals surface area contributed by atoms with E-state index in [0.717, 1.165) is 79.4 Å². The lowest BCUT2D eigenvalue weighted by atomic mass is 9.53. The Morgan fingerprint density at radius 1 is 0.971 bits per heavy atom. The van der Waals surface area contributed by atoms with Crippen LogP contribution in [-0.4, -0.2) is 46.0 Å². The van der Waals surface area contributed by atoms with Crippen molar-refractivity contribution in [2.75, 3.05) is 19.7 Å². The zero-order valence-corrected chi connectivity index (χ0v) is 20.8. The number of benzene rings is 1. The molecule has 4 aliphatic carbocycles. The van der Waals surface area contributed by atoms with Gasteiger partial charge >= 0.3 is 0 Å². The van der Waals surface area contributed by atoms with Crippen LogP contribution in [0.3, 0.4) is 0 Å². The van der Waals surface area contributed by atoms with Gasteiger partial charge in [-0.1, -0.05) is 12.8 Å². The van der Waals surface area contributed by atoms with Crippen molar-refractivity contribution in [2.24, 2.45) is 17.8 Å². The highest BCUT2D eigenvalue weighted by atomic mass is 16.5. The standard InChI is InChI=1S/C29H38N4O2/c34-27(32-29-16-21-12-22(17-29)14-23(13-21)18-29)20-35-26-7-6-24(28-30-8-5-9-31-28)15-25(26)19-33-10-3-1-2-4-11-33/h5-9,15,21-23H,1-4,10-14,16-20H2,(H,32,34). The van der Waals surface area contributed by atoms with Crippen LogP contribution >= 0.6 is 0 Å². The molecule has 35 heavy (non-hydrogen) atoms. The van der Waals surface area contributed by atoms with E-state index in [4.69, 9.17) is 4.74 Å². The zero-order valence-electron chi connectivity index (χ0n) is 20.8. The maximum absolute atomic E-state index is 13.1. The molecule has 2 heterocycles. The third-order valence-electron chi connectivity index (χ3n) is 8.78. The number of aromatic nitrogens is 2. The van der Waals surface area contributed by atoms with E-state index in [-0.39, 0.29) is 18.1 Å². The normalized spacial score (nSPS) is 30.1. The van der Waals surface area contributed by atoms with E-state index in [0.29, 0.717) is 0 Å². The van der Waals surface area contributed by atoms with Crippen LogP contribution in [0.25, 0.3) is 11.4 Å². The molecular weight excluding hydrogens is 436 g/mol. The quantitative estimate of drug-likeness (QED) is 0.613. The lowest BCUT2D eigenvalue weighted by Crippen LogP contribution is -2.60. The second kappa shape index (κ2) is 9.88. The van der Waals surface area contributed by atoms with Crippen molar-refractivity contribution >= 4 is 5.91 Å². The van der Waals surface area contributed by atoms with Crippen molar-refractivity contribution < 1.29 is 9.53 Å². The molecule has 1 aromatic carbocycles. The van der Waals surface area contributed by atoms with Gasteiger partial charge in [0.25, 0.3) is 5.91 Å². The molecule has 186 valence electrons. The predicted octanol–water partition coefficient (Wildman–Crippen LogP) is 4.98. The van der Waals surface area contributed by atoms with E-state index < -0.39 is 0 Å². The van der Waals surface area contributed by atoms with Crippen molar-refractivity contribution in [1.29, 1.82) is 0 Å². The Morgan fingerprint density at radius 2 is 1.63 bits per heavy atom. The van der Waals surface area contributed by atoms with E-state index in [2.05, 4.69) is 26.3 Å². The number of amides is 1. The number of nitrogens with zero attached hydrogens (tertiary/aromatic N) is 3. The van der Waals surface area contributed by atoms with Crippen LogP contribution < -0.4 is 10.1 Å². The van der Waals surface area contributed by atoms with Crippen molar-refractivity contribution in [3.8, 4) is 17.1 Å². The zero-order chi connectivity index (χ0) is 23.7. The Balaban J connectivity index is 1.16. The minimum atomic E-state index is 0.0264. The summed E-state index contributed by atoms with van der Waals surface area (Å²) in [6.45, 7) is 3.12. The monoisotopic (exact) mass is 474 g/mol. The molecule has 6 heteroatoms. The van der Waals surface area contributed by atoms with Crippen LogP contribution in [0.5, 0.6) is 5.75 Å². The Bertz CT molecular complexity index is 997. The Morgan fingerprint density at radius 3 is 2.29 bits per heavy atom. The minimum Gasteiger partial charge on any atom is -0.483 e. The highest BCUT2D eigenvalue weighted by Crippen LogP contribution is 2.55. The van der Waals surface area contributed by atoms with Gasteiger partial charge in [0.05, 0.1) is 0 Å². The molecule has 0 spiro atoms. The molecule has 2 aromatic rings. The van der Waals surface area contributed by atoms with E-state index in [1.165, 1.54) is 44.9 Å². The average Bonchev–Trinajstić information content (AvgIpc) is 3.11. The molecule has 0 radical (unpaired) electrons. The molecule has 1 aliphatic heterocycles. The smallest absolute Gasteiger partial charge is 0.258 e. The van der Waals surface area contributed by atoms with Crippen molar-refractivity contribution in [3.63, 3.8) is 0 Å². The third-order valence-corrected chi connectivity index (χ3v) is 8.78. The van der Waals surface area contributed by atoms with Gasteiger partial charge in [0.2, 0.25) is 0 Å². The van der Waals surface area contributed by atoms with E-state index >= 15 is 0 Å². The van der Waals surface area contributed by atoms with Crippen molar-refractivity contribution in [2.45, 2.75) is 76.3 Å². The van der Waals surface area contributed by atoms with Gasteiger partial charge in [-0.15, -0.1) is 0 Å². The average molecular weight is 475 g/mol. The van der Waals surface area contributed by atoms with Crippen LogP contribution in [0, 0.1) is 17.8 Å². The fourth-order valence-electron chi connectivity index (χ4n) is 7.71. The predicted molar refractivity (Wildman–Crippen MR) is 136 cm³/mol. The van der Waals surface area contributed by atoms with Gasteiger partial charge in [0.1, 0.15) is 5.75 Å². The summed E-state index contributed by atoms with van der Waals surface area (Å²) in [6, 6.07) is 7.98. The summed E-state index contributed by atoms with van der Waals surface area (Å²) in [5.74, 6) is 4.00. The largest absolute Gasteiger partial charge is 0.483 e. The highest BCUT2D eigenvalue weighted by Gasteiger charge is 2.51. The second-order valence-corrected chi connectivity index (χ2v) is 11.6. The first-order valence-electron chi connectivity index (χ1n) is 13.7. The van der Waals surface area contributed by atoms with Gasteiger partial charge in [0, 0.05) is 35.6 Å². The molecule has 1 saturated heterocycles. The number of likely N-dealkylation sites (tertiary alicyclic amines) is 1. The van der Waals surface area contributed by atoms with Crippen LogP contribution in [0.1, 0.15) is 69.8 Å². The van der Waals surface area contributed by atoms with E-state index in [9.17, 15) is 4.79 Å². The Labute approximate surface area is 208 Å². The maximum atomic E-state index is 13.1. The number of carbonyl (C=O) groups excluding carboxylic acids is 1. The first-order chi connectivity index (χ1) is 17.1. The number of nitrogens with one attached hydrogen (secondary N) is 1. The molecule has 4 bridgehead atoms. The van der Waals surface area contributed by atoms with Gasteiger partial charge in [-0.05, 0) is 106 Å². The summed E-state index contributed by atoms with van der Waals surface area (Å²) < 4.78 is 6.20. The number of rotatable bonds is 7. The molecule has 0 unspecified atom stereocenters. The first kappa shape index (κ1) is 23.0. The molecule has 5 aliphatic rings. The summed E-state index contributed by atoms with van der Waals surface area (Å²) in [6.07, 6.45) is 16.3. The minimum absolute atomic E-state index is 0.0264. The summed E-state index contributed by atoms with van der Waals surface area (Å²) in [7, 11) is 0. The number of ether oxygens (including phenoxy) is 1. The summed E-state index contributed by atoms with van der Waals surface area (Å²) in [5, 5.41) is 3.45. The van der Waals surface area contributed by atoms with Gasteiger partial charge in [-0.2, -0.15) is 0 Å². The maximum Gasteiger partial charge on any atom is 0.258 e. The van der Waals surface area contributed by atoms with Gasteiger partial charge in [0.15, 0.2) is 12.4 Å². The SMILES string of the molecule is O=C(COc1ccc(-c2ncccn2)cc1CN1CCCCCC1)NC12CC3CC(CC(C3)C1)C2. The summed E-state index contributed by atoms with van der Waals surface area (Å²) >= 11 is 0. The molecule has 7 rings (SSSR count). The molecule has 0 atom stereocenters. The van der Waals surface area contributed by atoms with Gasteiger partial charge < -0.3 is 10.1 Å². The van der Waals surface area contributed by atoms with Crippen LogP contribution in [-0.2, 0) is 11.3 Å². The fraction of sp³-hybridized carbons (Fsp3) is 0.621. The third kappa shape index (κ3) is 5.23. The Hall–Kier alpha value is -2.47. The van der Waals surface area contributed by atoms with Gasteiger partial charge in [-0.25, -0.2) is 9.97 Å². The molecule has 4 saturated carbocycles. The highest BCUT2D eigenvalue weighted by molar-refractivity contribution is 5.78. The molecule has 5 fully saturated rings. The lowest BCUT2D eigenvalue weighted by Gasteiger charge is -2.56. The molecule has 1 N–H and O–H groups in total. The second-order valence-electron chi connectivity index (χ2n) is 11.6.